The number of nitrogens with zero attached hydrogens (tertiary/aromatic N) is 5. The molecule has 14 heteroatoms. The number of carboxylic acid groups (broad SMARTS) is 1. The van der Waals surface area contributed by atoms with Crippen LogP contribution in [-0.2, 0) is 16.1 Å². The monoisotopic (exact) mass is 652 g/mol. The third-order valence-electron chi connectivity index (χ3n) is 8.00. The minimum Gasteiger partial charge on any atom is -0.478 e. The average Bonchev–Trinajstić information content (AvgIpc) is 3.67. The number of fused-ring (bicyclic) bond motifs is 1. The van der Waals surface area contributed by atoms with Crippen molar-refractivity contribution in [1.29, 1.82) is 0 Å². The summed E-state index contributed by atoms with van der Waals surface area (Å²) in [6.07, 6.45) is 1.65. The number of halogens is 2. The molecule has 3 aromatic rings. The average molecular weight is 653 g/mol. The molecule has 0 saturated carbocycles. The molecule has 0 aliphatic carbocycles. The maximum atomic E-state index is 14.6. The van der Waals surface area contributed by atoms with E-state index in [-0.39, 0.29) is 34.8 Å². The molecule has 0 radical (unpaired) electrons. The van der Waals surface area contributed by atoms with E-state index in [9.17, 15) is 23.9 Å². The third-order valence-corrected chi connectivity index (χ3v) is 9.18. The molecule has 3 aliphatic heterocycles. The number of carbonyl (C=O) groups is 3. The van der Waals surface area contributed by atoms with Gasteiger partial charge in [-0.2, -0.15) is 0 Å². The molecule has 2 amide bonds. The van der Waals surface area contributed by atoms with Crippen LogP contribution in [0, 0.1) is 5.82 Å². The van der Waals surface area contributed by atoms with Gasteiger partial charge in [-0.3, -0.25) is 9.89 Å². The lowest BCUT2D eigenvalue weighted by Crippen LogP contribution is -2.53. The Morgan fingerprint density at radius 1 is 1.16 bits per heavy atom. The van der Waals surface area contributed by atoms with E-state index in [0.29, 0.717) is 61.4 Å². The van der Waals surface area contributed by atoms with Crippen molar-refractivity contribution in [3.63, 3.8) is 0 Å². The number of piperazine rings is 1. The van der Waals surface area contributed by atoms with Crippen molar-refractivity contribution in [1.82, 2.24) is 25.0 Å². The number of ether oxygens (including phenoxy) is 1. The molecule has 234 valence electrons. The van der Waals surface area contributed by atoms with E-state index < -0.39 is 23.8 Å². The lowest BCUT2D eigenvalue weighted by molar-refractivity contribution is -0.139. The summed E-state index contributed by atoms with van der Waals surface area (Å²) in [6.45, 7) is 4.64. The first-order chi connectivity index (χ1) is 21.7. The molecule has 2 aromatic carbocycles. The minimum atomic E-state index is -1.000. The topological polar surface area (TPSA) is 128 Å². The first-order valence-corrected chi connectivity index (χ1v) is 15.7. The lowest BCUT2D eigenvalue weighted by atomic mass is 9.95. The van der Waals surface area contributed by atoms with Gasteiger partial charge < -0.3 is 25.0 Å². The Morgan fingerprint density at radius 2 is 1.96 bits per heavy atom. The third kappa shape index (κ3) is 6.28. The van der Waals surface area contributed by atoms with Gasteiger partial charge in [-0.25, -0.2) is 23.8 Å². The van der Waals surface area contributed by atoms with Gasteiger partial charge in [-0.1, -0.05) is 35.9 Å². The van der Waals surface area contributed by atoms with Crippen molar-refractivity contribution >= 4 is 46.7 Å². The number of amidine groups is 1. The van der Waals surface area contributed by atoms with Crippen molar-refractivity contribution in [3.05, 3.63) is 97.8 Å². The Morgan fingerprint density at radius 3 is 2.67 bits per heavy atom. The van der Waals surface area contributed by atoms with E-state index >= 15 is 0 Å². The number of carbonyl (C=O) groups excluding carboxylic acids is 2. The molecular weight excluding hydrogens is 623 g/mol. The number of thiazole rings is 1. The van der Waals surface area contributed by atoms with E-state index in [2.05, 4.69) is 15.2 Å². The number of aromatic nitrogens is 1. The van der Waals surface area contributed by atoms with E-state index in [1.54, 1.807) is 36.2 Å². The predicted molar refractivity (Wildman–Crippen MR) is 166 cm³/mol. The summed E-state index contributed by atoms with van der Waals surface area (Å²) in [4.78, 5) is 52.9. The molecule has 2 fully saturated rings. The lowest BCUT2D eigenvalue weighted by Gasteiger charge is -2.38. The molecule has 6 rings (SSSR count). The first-order valence-electron chi connectivity index (χ1n) is 14.4. The fourth-order valence-corrected chi connectivity index (χ4v) is 6.71. The summed E-state index contributed by atoms with van der Waals surface area (Å²) in [5.41, 5.74) is 2.16. The fraction of sp³-hybridized carbons (Fsp3) is 0.323. The number of benzene rings is 2. The van der Waals surface area contributed by atoms with Crippen molar-refractivity contribution in [3.8, 4) is 0 Å². The number of aromatic carboxylic acids is 1. The van der Waals surface area contributed by atoms with Crippen LogP contribution in [0.25, 0.3) is 0 Å². The molecule has 0 spiro atoms. The molecule has 2 atom stereocenters. The van der Waals surface area contributed by atoms with Gasteiger partial charge in [0.1, 0.15) is 11.9 Å². The molecule has 2 saturated heterocycles. The van der Waals surface area contributed by atoms with Crippen molar-refractivity contribution in [2.75, 3.05) is 39.3 Å². The molecule has 45 heavy (non-hydrogen) atoms. The summed E-state index contributed by atoms with van der Waals surface area (Å²) in [7, 11) is 0. The van der Waals surface area contributed by atoms with Crippen LogP contribution < -0.4 is 5.32 Å². The predicted octanol–water partition coefficient (Wildman–Crippen LogP) is 4.16. The number of rotatable bonds is 9. The van der Waals surface area contributed by atoms with Gasteiger partial charge in [0.15, 0.2) is 10.8 Å². The highest BCUT2D eigenvalue weighted by Crippen LogP contribution is 2.37. The van der Waals surface area contributed by atoms with Gasteiger partial charge in [0.2, 0.25) is 0 Å². The second kappa shape index (κ2) is 13.0. The van der Waals surface area contributed by atoms with Crippen LogP contribution in [0.2, 0.25) is 5.02 Å². The fourth-order valence-electron chi connectivity index (χ4n) is 5.89. The molecule has 11 nitrogen and oxygen atoms in total. The van der Waals surface area contributed by atoms with Crippen LogP contribution in [0.1, 0.15) is 39.5 Å². The van der Waals surface area contributed by atoms with Crippen molar-refractivity contribution < 1.29 is 28.6 Å². The van der Waals surface area contributed by atoms with Crippen LogP contribution in [0.5, 0.6) is 0 Å². The number of aliphatic imine (C=N–C) groups is 1. The first kappa shape index (κ1) is 30.7. The highest BCUT2D eigenvalue weighted by Gasteiger charge is 2.42. The standard InChI is InChI=1S/C31H30ClFN6O5S/c1-2-44-30(42)24-23(35-27(28-34-10-13-45-28)36-26(24)21-4-3-5-22(33)25(21)32)17-37-11-12-39-20(15-37)16-38(31(39)43)14-18-6-8-19(9-7-18)29(40)41/h3-10,13,20,26H,2,11-12,14-17H2,1H3,(H,35,36)(H,40,41)/t20-,26?/m1/s1. The van der Waals surface area contributed by atoms with E-state index in [1.165, 1.54) is 35.6 Å². The number of carboxylic acids is 1. The van der Waals surface area contributed by atoms with E-state index in [0.717, 1.165) is 5.56 Å². The number of nitrogens with one attached hydrogen (secondary N) is 1. The van der Waals surface area contributed by atoms with Crippen LogP contribution in [0.15, 0.2) is 70.3 Å². The van der Waals surface area contributed by atoms with Gasteiger partial charge in [0.25, 0.3) is 0 Å². The van der Waals surface area contributed by atoms with Gasteiger partial charge >= 0.3 is 18.0 Å². The molecule has 3 aliphatic rings. The molecule has 0 bridgehead atoms. The Balaban J connectivity index is 1.26. The zero-order valence-corrected chi connectivity index (χ0v) is 25.9. The van der Waals surface area contributed by atoms with Gasteiger partial charge in [0, 0.05) is 62.1 Å². The zero-order chi connectivity index (χ0) is 31.7. The number of urea groups is 1. The normalized spacial score (nSPS) is 20.2. The largest absolute Gasteiger partial charge is 0.478 e. The second-order valence-electron chi connectivity index (χ2n) is 10.8. The maximum Gasteiger partial charge on any atom is 0.338 e. The smallest absolute Gasteiger partial charge is 0.338 e. The Bertz CT molecular complexity index is 1680. The molecule has 1 aromatic heterocycles. The molecule has 4 heterocycles. The van der Waals surface area contributed by atoms with Gasteiger partial charge in [-0.15, -0.1) is 11.3 Å². The number of hydrogen-bond acceptors (Lipinski definition) is 9. The summed E-state index contributed by atoms with van der Waals surface area (Å²) in [5, 5.41) is 14.8. The summed E-state index contributed by atoms with van der Waals surface area (Å²) >= 11 is 7.80. The second-order valence-corrected chi connectivity index (χ2v) is 12.1. The van der Waals surface area contributed by atoms with Crippen LogP contribution >= 0.6 is 22.9 Å². The molecule has 2 N–H and O–H groups in total. The Hall–Kier alpha value is -4.33. The highest BCUT2D eigenvalue weighted by atomic mass is 35.5. The molecular formula is C31H30ClFN6O5S. The SMILES string of the molecule is CCOC(=O)C1=C(CN2CCN3C(=O)N(Cc4ccc(C(=O)O)cc4)C[C@H]3C2)NC(c2nccs2)=NC1c1cccc(F)c1Cl. The quantitative estimate of drug-likeness (QED) is 0.330. The maximum absolute atomic E-state index is 14.6. The van der Waals surface area contributed by atoms with Crippen LogP contribution in [0.4, 0.5) is 9.18 Å². The number of amides is 2. The number of esters is 1. The van der Waals surface area contributed by atoms with E-state index in [4.69, 9.17) is 21.3 Å². The van der Waals surface area contributed by atoms with Crippen molar-refractivity contribution in [2.24, 2.45) is 4.99 Å². The van der Waals surface area contributed by atoms with E-state index in [1.807, 2.05) is 10.3 Å². The molecule has 1 unspecified atom stereocenters. The minimum absolute atomic E-state index is 0.0665. The highest BCUT2D eigenvalue weighted by molar-refractivity contribution is 7.11. The zero-order valence-electron chi connectivity index (χ0n) is 24.3. The van der Waals surface area contributed by atoms with Gasteiger partial charge in [0.05, 0.1) is 28.8 Å². The Kier molecular flexibility index (Phi) is 8.83. The van der Waals surface area contributed by atoms with Crippen LogP contribution in [-0.4, -0.2) is 94.0 Å². The van der Waals surface area contributed by atoms with Crippen LogP contribution in [0.3, 0.4) is 0 Å². The number of hydrogen-bond donors (Lipinski definition) is 2. The van der Waals surface area contributed by atoms with Crippen molar-refractivity contribution in [2.45, 2.75) is 25.6 Å². The Labute approximate surface area is 267 Å². The summed E-state index contributed by atoms with van der Waals surface area (Å²) in [5.74, 6) is -1.76. The summed E-state index contributed by atoms with van der Waals surface area (Å²) in [6, 6.07) is 9.87. The van der Waals surface area contributed by atoms with Gasteiger partial charge in [-0.05, 0) is 30.7 Å². The summed E-state index contributed by atoms with van der Waals surface area (Å²) < 4.78 is 20.1.